The second-order valence-electron chi connectivity index (χ2n) is 8.06. The number of hydrogen-bond acceptors (Lipinski definition) is 5. The molecule has 0 aromatic heterocycles. The Kier molecular flexibility index (Phi) is 6.65. The quantitative estimate of drug-likeness (QED) is 0.522. The number of benzene rings is 2. The molecule has 2 aromatic carbocycles. The fourth-order valence-corrected chi connectivity index (χ4v) is 4.69. The van der Waals surface area contributed by atoms with Crippen LogP contribution in [-0.4, -0.2) is 42.3 Å². The molecule has 7 heteroatoms. The van der Waals surface area contributed by atoms with Gasteiger partial charge in [-0.15, -0.1) is 0 Å². The number of rotatable bonds is 7. The lowest BCUT2D eigenvalue weighted by molar-refractivity contribution is -0.129. The first-order valence-corrected chi connectivity index (χ1v) is 10.6. The average molecular weight is 431 g/mol. The summed E-state index contributed by atoms with van der Waals surface area (Å²) < 4.78 is 39.8. The van der Waals surface area contributed by atoms with Gasteiger partial charge in [0.15, 0.2) is 0 Å². The molecule has 0 saturated carbocycles. The van der Waals surface area contributed by atoms with Gasteiger partial charge in [-0.1, -0.05) is 36.3 Å². The lowest BCUT2D eigenvalue weighted by Crippen LogP contribution is -2.47. The molecule has 2 heterocycles. The van der Waals surface area contributed by atoms with E-state index in [1.165, 1.54) is 31.4 Å². The van der Waals surface area contributed by atoms with Crippen LogP contribution in [0, 0.1) is 17.6 Å². The van der Waals surface area contributed by atoms with Crippen molar-refractivity contribution >= 4 is 5.71 Å². The summed E-state index contributed by atoms with van der Waals surface area (Å²) in [5.41, 5.74) is 2.27. The number of nitrogens with zero attached hydrogens (tertiary/aromatic N) is 1. The Morgan fingerprint density at radius 1 is 1.06 bits per heavy atom. The molecule has 2 saturated heterocycles. The van der Waals surface area contributed by atoms with Crippen LogP contribution < -0.4 is 0 Å². The Morgan fingerprint density at radius 3 is 2.16 bits per heavy atom. The molecule has 2 aromatic rings. The van der Waals surface area contributed by atoms with Gasteiger partial charge in [-0.3, -0.25) is 0 Å². The van der Waals surface area contributed by atoms with E-state index in [0.29, 0.717) is 19.3 Å². The summed E-state index contributed by atoms with van der Waals surface area (Å²) in [5.74, 6) is -0.971. The number of aliphatic hydroxyl groups is 1. The molecule has 4 rings (SSSR count). The summed E-state index contributed by atoms with van der Waals surface area (Å²) >= 11 is 0. The van der Waals surface area contributed by atoms with Gasteiger partial charge >= 0.3 is 0 Å². The van der Waals surface area contributed by atoms with Crippen LogP contribution in [-0.2, 0) is 14.3 Å². The first-order chi connectivity index (χ1) is 15.0. The minimum atomic E-state index is -0.604. The number of ether oxygens (including phenoxy) is 2. The first kappa shape index (κ1) is 21.9. The third-order valence-electron chi connectivity index (χ3n) is 6.09. The maximum absolute atomic E-state index is 13.6. The van der Waals surface area contributed by atoms with E-state index in [1.807, 2.05) is 6.92 Å². The Balaban J connectivity index is 1.70. The Labute approximate surface area is 180 Å². The third kappa shape index (κ3) is 4.63. The van der Waals surface area contributed by atoms with Gasteiger partial charge in [0.25, 0.3) is 0 Å². The summed E-state index contributed by atoms with van der Waals surface area (Å²) in [6.07, 6.45) is -0.245. The number of hydrogen-bond donors (Lipinski definition) is 1. The molecule has 1 N–H and O–H groups in total. The number of aliphatic hydroxyl groups excluding tert-OH is 1. The largest absolute Gasteiger partial charge is 0.399 e. The second kappa shape index (κ2) is 9.42. The van der Waals surface area contributed by atoms with Crippen LogP contribution in [0.25, 0.3) is 0 Å². The molecule has 2 aliphatic rings. The van der Waals surface area contributed by atoms with Crippen LogP contribution in [0.4, 0.5) is 8.78 Å². The van der Waals surface area contributed by atoms with Crippen molar-refractivity contribution in [2.75, 3.05) is 7.11 Å². The van der Waals surface area contributed by atoms with Gasteiger partial charge in [0, 0.05) is 12.8 Å². The summed E-state index contributed by atoms with van der Waals surface area (Å²) in [4.78, 5) is 5.05. The van der Waals surface area contributed by atoms with Crippen molar-refractivity contribution < 1.29 is 28.2 Å². The highest BCUT2D eigenvalue weighted by Crippen LogP contribution is 2.42. The highest BCUT2D eigenvalue weighted by atomic mass is 19.1. The Bertz CT molecular complexity index is 857. The molecular weight excluding hydrogens is 404 g/mol. The smallest absolute Gasteiger partial charge is 0.123 e. The highest BCUT2D eigenvalue weighted by molar-refractivity contribution is 5.87. The molecule has 0 radical (unpaired) electrons. The van der Waals surface area contributed by atoms with Gasteiger partial charge in [0.1, 0.15) is 24.8 Å². The minimum Gasteiger partial charge on any atom is -0.399 e. The fraction of sp³-hybridized carbons (Fsp3) is 0.458. The maximum Gasteiger partial charge on any atom is 0.123 e. The van der Waals surface area contributed by atoms with Crippen molar-refractivity contribution in [1.82, 2.24) is 0 Å². The minimum absolute atomic E-state index is 0.107. The lowest BCUT2D eigenvalue weighted by Gasteiger charge is -2.39. The van der Waals surface area contributed by atoms with Gasteiger partial charge in [0.2, 0.25) is 0 Å². The molecule has 0 amide bonds. The van der Waals surface area contributed by atoms with Crippen molar-refractivity contribution in [2.24, 2.45) is 11.1 Å². The molecule has 0 aliphatic carbocycles. The standard InChI is InChI=1S/C24H27F2NO4/c1-3-19(27-29-2)22-21(13-18-12-20(28)24(22)30-18)31-23(14-4-8-16(25)9-5-14)15-6-10-17(26)11-7-15/h4-11,18,20-24,28H,3,12-13H2,1-2H3/t18?,20?,21-,22+,24-/m1/s1. The van der Waals surface area contributed by atoms with Crippen LogP contribution in [0.3, 0.4) is 0 Å². The van der Waals surface area contributed by atoms with Crippen molar-refractivity contribution in [3.63, 3.8) is 0 Å². The zero-order chi connectivity index (χ0) is 22.0. The normalized spacial score (nSPS) is 28.2. The molecule has 0 spiro atoms. The van der Waals surface area contributed by atoms with E-state index in [2.05, 4.69) is 5.16 Å². The second-order valence-corrected chi connectivity index (χ2v) is 8.06. The van der Waals surface area contributed by atoms with Crippen LogP contribution in [0.5, 0.6) is 0 Å². The third-order valence-corrected chi connectivity index (χ3v) is 6.09. The maximum atomic E-state index is 13.6. The highest BCUT2D eigenvalue weighted by Gasteiger charge is 2.51. The van der Waals surface area contributed by atoms with Gasteiger partial charge in [-0.2, -0.15) is 0 Å². The van der Waals surface area contributed by atoms with E-state index in [1.54, 1.807) is 24.3 Å². The lowest BCUT2D eigenvalue weighted by atomic mass is 9.85. The van der Waals surface area contributed by atoms with E-state index >= 15 is 0 Å². The van der Waals surface area contributed by atoms with E-state index in [-0.39, 0.29) is 29.8 Å². The molecule has 31 heavy (non-hydrogen) atoms. The van der Waals surface area contributed by atoms with Crippen LogP contribution in [0.15, 0.2) is 53.7 Å². The molecule has 166 valence electrons. The molecule has 2 aliphatic heterocycles. The Hall–Kier alpha value is -2.35. The average Bonchev–Trinajstić information content (AvgIpc) is 3.06. The number of fused-ring (bicyclic) bond motifs is 2. The van der Waals surface area contributed by atoms with Crippen molar-refractivity contribution in [3.05, 3.63) is 71.3 Å². The number of oxime groups is 1. The van der Waals surface area contributed by atoms with Gasteiger partial charge in [-0.25, -0.2) is 8.78 Å². The van der Waals surface area contributed by atoms with Crippen molar-refractivity contribution in [3.8, 4) is 0 Å². The molecule has 2 unspecified atom stereocenters. The van der Waals surface area contributed by atoms with Crippen LogP contribution in [0.1, 0.15) is 43.4 Å². The summed E-state index contributed by atoms with van der Waals surface area (Å²) in [7, 11) is 1.49. The Morgan fingerprint density at radius 2 is 1.65 bits per heavy atom. The molecule has 5 atom stereocenters. The summed E-state index contributed by atoms with van der Waals surface area (Å²) in [6.45, 7) is 1.97. The predicted octanol–water partition coefficient (Wildman–Crippen LogP) is 4.39. The van der Waals surface area contributed by atoms with Gasteiger partial charge in [-0.05, 0) is 41.8 Å². The fourth-order valence-electron chi connectivity index (χ4n) is 4.69. The predicted molar refractivity (Wildman–Crippen MR) is 112 cm³/mol. The first-order valence-electron chi connectivity index (χ1n) is 10.6. The van der Waals surface area contributed by atoms with Crippen molar-refractivity contribution in [1.29, 1.82) is 0 Å². The van der Waals surface area contributed by atoms with E-state index in [4.69, 9.17) is 14.3 Å². The van der Waals surface area contributed by atoms with Crippen LogP contribution >= 0.6 is 0 Å². The molecular formula is C24H27F2NO4. The number of halogens is 2. The van der Waals surface area contributed by atoms with Gasteiger partial charge in [0.05, 0.1) is 36.0 Å². The monoisotopic (exact) mass is 431 g/mol. The summed E-state index contributed by atoms with van der Waals surface area (Å²) in [6, 6.07) is 12.2. The van der Waals surface area contributed by atoms with E-state index in [9.17, 15) is 13.9 Å². The molecule has 5 nitrogen and oxygen atoms in total. The van der Waals surface area contributed by atoms with E-state index < -0.39 is 18.3 Å². The SMILES string of the molecule is CCC(=NOC)[C@@H]1[C@@H]2OC(CC2O)C[C@H]1OC(c1ccc(F)cc1)c1ccc(F)cc1. The van der Waals surface area contributed by atoms with E-state index in [0.717, 1.165) is 16.8 Å². The van der Waals surface area contributed by atoms with Crippen molar-refractivity contribution in [2.45, 2.75) is 56.7 Å². The molecule has 2 bridgehead atoms. The zero-order valence-corrected chi connectivity index (χ0v) is 17.6. The van der Waals surface area contributed by atoms with Crippen LogP contribution in [0.2, 0.25) is 0 Å². The van der Waals surface area contributed by atoms with Gasteiger partial charge < -0.3 is 19.4 Å². The summed E-state index contributed by atoms with van der Waals surface area (Å²) in [5, 5.41) is 14.8. The zero-order valence-electron chi connectivity index (χ0n) is 17.6. The topological polar surface area (TPSA) is 60.3 Å². The molecule has 2 fully saturated rings.